The van der Waals surface area contributed by atoms with Crippen LogP contribution < -0.4 is 4.90 Å². The Balaban J connectivity index is 1.57. The van der Waals surface area contributed by atoms with Gasteiger partial charge in [-0.25, -0.2) is 9.97 Å². The van der Waals surface area contributed by atoms with E-state index in [4.69, 9.17) is 11.6 Å². The summed E-state index contributed by atoms with van der Waals surface area (Å²) in [5.74, 6) is 0.733. The van der Waals surface area contributed by atoms with Crippen molar-refractivity contribution >= 4 is 17.5 Å². The molecule has 5 heteroatoms. The van der Waals surface area contributed by atoms with Gasteiger partial charge in [0.1, 0.15) is 5.15 Å². The molecule has 3 rings (SSSR count). The molecular formula is C15H17ClN4. The Morgan fingerprint density at radius 2 is 1.75 bits per heavy atom. The lowest BCUT2D eigenvalue weighted by Gasteiger charge is -2.34. The molecule has 2 aromatic rings. The zero-order chi connectivity index (χ0) is 13.8. The predicted octanol–water partition coefficient (Wildman–Crippen LogP) is 2.45. The molecule has 0 saturated carbocycles. The average molecular weight is 289 g/mol. The Labute approximate surface area is 124 Å². The number of aromatic nitrogens is 2. The number of halogens is 1. The van der Waals surface area contributed by atoms with Crippen molar-refractivity contribution in [2.24, 2.45) is 0 Å². The Bertz CT molecular complexity index is 553. The maximum Gasteiger partial charge on any atom is 0.226 e. The maximum absolute atomic E-state index is 5.91. The van der Waals surface area contributed by atoms with Crippen LogP contribution in [-0.4, -0.2) is 41.0 Å². The number of anilines is 1. The van der Waals surface area contributed by atoms with E-state index >= 15 is 0 Å². The second kappa shape index (κ2) is 6.20. The highest BCUT2D eigenvalue weighted by Gasteiger charge is 2.18. The Morgan fingerprint density at radius 3 is 2.45 bits per heavy atom. The predicted molar refractivity (Wildman–Crippen MR) is 81.0 cm³/mol. The van der Waals surface area contributed by atoms with Crippen LogP contribution in [0.25, 0.3) is 0 Å². The van der Waals surface area contributed by atoms with Crippen molar-refractivity contribution < 1.29 is 0 Å². The minimum Gasteiger partial charge on any atom is -0.338 e. The molecular weight excluding hydrogens is 272 g/mol. The number of nitrogens with zero attached hydrogens (tertiary/aromatic N) is 4. The minimum absolute atomic E-state index is 0.502. The fraction of sp³-hybridized carbons (Fsp3) is 0.333. The van der Waals surface area contributed by atoms with E-state index in [9.17, 15) is 0 Å². The Hall–Kier alpha value is -1.65. The maximum atomic E-state index is 5.91. The van der Waals surface area contributed by atoms with Gasteiger partial charge in [-0.1, -0.05) is 41.9 Å². The van der Waals surface area contributed by atoms with Crippen LogP contribution in [0.3, 0.4) is 0 Å². The van der Waals surface area contributed by atoms with Crippen LogP contribution in [0.2, 0.25) is 5.15 Å². The highest BCUT2D eigenvalue weighted by Crippen LogP contribution is 2.14. The summed E-state index contributed by atoms with van der Waals surface area (Å²) in [4.78, 5) is 13.2. The first kappa shape index (κ1) is 13.3. The molecule has 0 amide bonds. The second-order valence-electron chi connectivity index (χ2n) is 4.93. The number of hydrogen-bond acceptors (Lipinski definition) is 4. The van der Waals surface area contributed by atoms with E-state index in [1.807, 2.05) is 0 Å². The monoisotopic (exact) mass is 288 g/mol. The third kappa shape index (κ3) is 3.26. The summed E-state index contributed by atoms with van der Waals surface area (Å²) in [5.41, 5.74) is 1.36. The first-order valence-corrected chi connectivity index (χ1v) is 7.19. The molecule has 1 saturated heterocycles. The summed E-state index contributed by atoms with van der Waals surface area (Å²) in [7, 11) is 0. The fourth-order valence-electron chi connectivity index (χ4n) is 2.43. The summed E-state index contributed by atoms with van der Waals surface area (Å²) in [6, 6.07) is 12.3. The minimum atomic E-state index is 0.502. The first-order chi connectivity index (χ1) is 9.81. The largest absolute Gasteiger partial charge is 0.338 e. The van der Waals surface area contributed by atoms with Crippen LogP contribution in [-0.2, 0) is 6.54 Å². The van der Waals surface area contributed by atoms with Crippen molar-refractivity contribution in [2.45, 2.75) is 6.54 Å². The molecule has 0 N–H and O–H groups in total. The lowest BCUT2D eigenvalue weighted by Crippen LogP contribution is -2.46. The SMILES string of the molecule is Clc1ccnc(N2CCN(Cc3ccccc3)CC2)n1. The number of hydrogen-bond donors (Lipinski definition) is 0. The highest BCUT2D eigenvalue weighted by molar-refractivity contribution is 6.29. The van der Waals surface area contributed by atoms with Crippen LogP contribution in [0.5, 0.6) is 0 Å². The van der Waals surface area contributed by atoms with E-state index in [1.165, 1.54) is 5.56 Å². The molecule has 1 aliphatic heterocycles. The van der Waals surface area contributed by atoms with Gasteiger partial charge in [-0.3, -0.25) is 4.90 Å². The van der Waals surface area contributed by atoms with Gasteiger partial charge >= 0.3 is 0 Å². The van der Waals surface area contributed by atoms with Crippen molar-refractivity contribution in [1.82, 2.24) is 14.9 Å². The van der Waals surface area contributed by atoms with Gasteiger partial charge < -0.3 is 4.90 Å². The van der Waals surface area contributed by atoms with Crippen molar-refractivity contribution in [3.63, 3.8) is 0 Å². The smallest absolute Gasteiger partial charge is 0.226 e. The topological polar surface area (TPSA) is 32.3 Å². The van der Waals surface area contributed by atoms with E-state index in [2.05, 4.69) is 50.1 Å². The molecule has 4 nitrogen and oxygen atoms in total. The third-order valence-corrected chi connectivity index (χ3v) is 3.72. The fourth-order valence-corrected chi connectivity index (χ4v) is 2.56. The quantitative estimate of drug-likeness (QED) is 0.812. The van der Waals surface area contributed by atoms with Crippen LogP contribution in [0, 0.1) is 0 Å². The zero-order valence-corrected chi connectivity index (χ0v) is 12.0. The molecule has 0 radical (unpaired) electrons. The van der Waals surface area contributed by atoms with E-state index in [1.54, 1.807) is 12.3 Å². The molecule has 0 unspecified atom stereocenters. The summed E-state index contributed by atoms with van der Waals surface area (Å²) < 4.78 is 0. The molecule has 1 aromatic heterocycles. The lowest BCUT2D eigenvalue weighted by atomic mass is 10.2. The highest BCUT2D eigenvalue weighted by atomic mass is 35.5. The molecule has 0 atom stereocenters. The summed E-state index contributed by atoms with van der Waals surface area (Å²) in [5, 5.41) is 0.502. The van der Waals surface area contributed by atoms with Crippen LogP contribution in [0.15, 0.2) is 42.6 Å². The number of rotatable bonds is 3. The second-order valence-corrected chi connectivity index (χ2v) is 5.32. The molecule has 1 aromatic carbocycles. The zero-order valence-electron chi connectivity index (χ0n) is 11.2. The standard InChI is InChI=1S/C15H17ClN4/c16-14-6-7-17-15(18-14)20-10-8-19(9-11-20)12-13-4-2-1-3-5-13/h1-7H,8-12H2. The number of piperazine rings is 1. The lowest BCUT2D eigenvalue weighted by molar-refractivity contribution is 0.248. The summed E-state index contributed by atoms with van der Waals surface area (Å²) >= 11 is 5.91. The molecule has 2 heterocycles. The van der Waals surface area contributed by atoms with Gasteiger partial charge in [0, 0.05) is 38.9 Å². The van der Waals surface area contributed by atoms with E-state index in [0.29, 0.717) is 5.15 Å². The van der Waals surface area contributed by atoms with Gasteiger partial charge in [0.05, 0.1) is 0 Å². The van der Waals surface area contributed by atoms with E-state index in [-0.39, 0.29) is 0 Å². The van der Waals surface area contributed by atoms with Crippen molar-refractivity contribution in [1.29, 1.82) is 0 Å². The normalized spacial score (nSPS) is 16.4. The van der Waals surface area contributed by atoms with Crippen LogP contribution in [0.4, 0.5) is 5.95 Å². The molecule has 1 fully saturated rings. The van der Waals surface area contributed by atoms with Gasteiger partial charge in [-0.2, -0.15) is 0 Å². The molecule has 0 bridgehead atoms. The van der Waals surface area contributed by atoms with Gasteiger partial charge in [0.15, 0.2) is 0 Å². The van der Waals surface area contributed by atoms with Gasteiger partial charge in [0.25, 0.3) is 0 Å². The van der Waals surface area contributed by atoms with Crippen molar-refractivity contribution in [3.05, 3.63) is 53.3 Å². The molecule has 0 spiro atoms. The van der Waals surface area contributed by atoms with Crippen LogP contribution >= 0.6 is 11.6 Å². The van der Waals surface area contributed by atoms with Crippen molar-refractivity contribution in [3.8, 4) is 0 Å². The average Bonchev–Trinajstić information content (AvgIpc) is 2.49. The Kier molecular flexibility index (Phi) is 4.14. The molecule has 0 aliphatic carbocycles. The molecule has 20 heavy (non-hydrogen) atoms. The Morgan fingerprint density at radius 1 is 1.00 bits per heavy atom. The van der Waals surface area contributed by atoms with E-state index < -0.39 is 0 Å². The summed E-state index contributed by atoms with van der Waals surface area (Å²) in [6.07, 6.45) is 1.71. The molecule has 1 aliphatic rings. The van der Waals surface area contributed by atoms with Gasteiger partial charge in [-0.05, 0) is 11.6 Å². The summed E-state index contributed by atoms with van der Waals surface area (Å²) in [6.45, 7) is 4.92. The molecule has 104 valence electrons. The number of benzene rings is 1. The third-order valence-electron chi connectivity index (χ3n) is 3.51. The van der Waals surface area contributed by atoms with Gasteiger partial charge in [0.2, 0.25) is 5.95 Å². The van der Waals surface area contributed by atoms with Crippen molar-refractivity contribution in [2.75, 3.05) is 31.1 Å². The van der Waals surface area contributed by atoms with Crippen LogP contribution in [0.1, 0.15) is 5.56 Å². The van der Waals surface area contributed by atoms with Gasteiger partial charge in [-0.15, -0.1) is 0 Å². The van der Waals surface area contributed by atoms with E-state index in [0.717, 1.165) is 38.7 Å². The first-order valence-electron chi connectivity index (χ1n) is 6.81.